The molecule has 5 nitrogen and oxygen atoms in total. The van der Waals surface area contributed by atoms with Crippen LogP contribution in [0.3, 0.4) is 0 Å². The molecule has 0 unspecified atom stereocenters. The maximum absolute atomic E-state index is 12.6. The van der Waals surface area contributed by atoms with Crippen LogP contribution in [0.25, 0.3) is 0 Å². The minimum atomic E-state index is -0.116. The zero-order valence-corrected chi connectivity index (χ0v) is 17.1. The highest BCUT2D eigenvalue weighted by Crippen LogP contribution is 2.32. The molecule has 2 aromatic rings. The van der Waals surface area contributed by atoms with Crippen molar-refractivity contribution in [2.45, 2.75) is 40.0 Å². The highest BCUT2D eigenvalue weighted by molar-refractivity contribution is 5.94. The summed E-state index contributed by atoms with van der Waals surface area (Å²) in [5.41, 5.74) is 0.671. The molecule has 0 saturated carbocycles. The van der Waals surface area contributed by atoms with E-state index in [2.05, 4.69) is 13.8 Å². The minimum Gasteiger partial charge on any atom is -0.455 e. The van der Waals surface area contributed by atoms with Crippen molar-refractivity contribution in [3.63, 3.8) is 0 Å². The van der Waals surface area contributed by atoms with Crippen LogP contribution in [-0.4, -0.2) is 36.3 Å². The van der Waals surface area contributed by atoms with E-state index in [0.717, 1.165) is 25.9 Å². The second-order valence-electron chi connectivity index (χ2n) is 6.68. The molecular formula is C23H30N2O3. The molecule has 5 heteroatoms. The third kappa shape index (κ3) is 6.12. The van der Waals surface area contributed by atoms with Gasteiger partial charge in [0.25, 0.3) is 0 Å². The molecule has 0 aliphatic heterocycles. The number of nitrogens with zero attached hydrogens (tertiary/aromatic N) is 2. The first-order valence-corrected chi connectivity index (χ1v) is 9.94. The van der Waals surface area contributed by atoms with Crippen LogP contribution in [0.1, 0.15) is 40.0 Å². The summed E-state index contributed by atoms with van der Waals surface area (Å²) in [6.07, 6.45) is 2.14. The summed E-state index contributed by atoms with van der Waals surface area (Å²) in [5, 5.41) is 0. The Bertz CT molecular complexity index is 755. The van der Waals surface area contributed by atoms with Crippen molar-refractivity contribution in [3.05, 3.63) is 54.6 Å². The van der Waals surface area contributed by atoms with Gasteiger partial charge in [-0.15, -0.1) is 0 Å². The lowest BCUT2D eigenvalue weighted by Gasteiger charge is -2.26. The molecule has 0 spiro atoms. The van der Waals surface area contributed by atoms with Crippen LogP contribution in [0, 0.1) is 0 Å². The number of para-hydroxylation sites is 3. The molecule has 0 fully saturated rings. The molecule has 0 aromatic heterocycles. The molecule has 0 heterocycles. The van der Waals surface area contributed by atoms with E-state index in [1.165, 1.54) is 6.92 Å². The van der Waals surface area contributed by atoms with Gasteiger partial charge >= 0.3 is 0 Å². The van der Waals surface area contributed by atoms with E-state index in [9.17, 15) is 9.59 Å². The number of amides is 2. The predicted octanol–water partition coefficient (Wildman–Crippen LogP) is 4.87. The molecule has 0 atom stereocenters. The van der Waals surface area contributed by atoms with Crippen molar-refractivity contribution in [2.24, 2.45) is 0 Å². The van der Waals surface area contributed by atoms with E-state index in [1.807, 2.05) is 59.5 Å². The molecule has 2 aromatic carbocycles. The van der Waals surface area contributed by atoms with Crippen LogP contribution >= 0.6 is 0 Å². The second kappa shape index (κ2) is 11.1. The summed E-state index contributed by atoms with van der Waals surface area (Å²) in [6.45, 7) is 7.47. The summed E-state index contributed by atoms with van der Waals surface area (Å²) in [4.78, 5) is 28.4. The lowest BCUT2D eigenvalue weighted by atomic mass is 10.2. The highest BCUT2D eigenvalue weighted by atomic mass is 16.5. The van der Waals surface area contributed by atoms with Crippen LogP contribution in [0.15, 0.2) is 54.6 Å². The number of anilines is 1. The van der Waals surface area contributed by atoms with Gasteiger partial charge in [0.1, 0.15) is 5.75 Å². The molecular weight excluding hydrogens is 352 g/mol. The number of carbonyl (C=O) groups is 2. The van der Waals surface area contributed by atoms with Crippen molar-refractivity contribution >= 4 is 17.5 Å². The summed E-state index contributed by atoms with van der Waals surface area (Å²) >= 11 is 0. The molecule has 2 amide bonds. The van der Waals surface area contributed by atoms with Gasteiger partial charge in [0.15, 0.2) is 5.75 Å². The molecule has 28 heavy (non-hydrogen) atoms. The van der Waals surface area contributed by atoms with Crippen molar-refractivity contribution in [2.75, 3.05) is 24.5 Å². The zero-order valence-electron chi connectivity index (χ0n) is 17.1. The van der Waals surface area contributed by atoms with E-state index in [4.69, 9.17) is 4.74 Å². The second-order valence-corrected chi connectivity index (χ2v) is 6.68. The summed E-state index contributed by atoms with van der Waals surface area (Å²) in [5.74, 6) is 1.26. The fourth-order valence-electron chi connectivity index (χ4n) is 3.10. The molecule has 0 N–H and O–H groups in total. The van der Waals surface area contributed by atoms with Gasteiger partial charge in [-0.05, 0) is 37.1 Å². The van der Waals surface area contributed by atoms with E-state index in [1.54, 1.807) is 4.90 Å². The Hall–Kier alpha value is -2.82. The highest BCUT2D eigenvalue weighted by Gasteiger charge is 2.19. The Labute approximate surface area is 167 Å². The van der Waals surface area contributed by atoms with Crippen LogP contribution in [0.5, 0.6) is 11.5 Å². The molecule has 0 saturated heterocycles. The van der Waals surface area contributed by atoms with Gasteiger partial charge in [0, 0.05) is 33.0 Å². The standard InChI is InChI=1S/C23H30N2O3/c1-4-16-24(17-5-2)23(27)15-18-25(19(3)26)21-13-9-10-14-22(21)28-20-11-7-6-8-12-20/h6-14H,4-5,15-18H2,1-3H3. The number of ether oxygens (including phenoxy) is 1. The lowest BCUT2D eigenvalue weighted by molar-refractivity contribution is -0.131. The third-order valence-corrected chi connectivity index (χ3v) is 4.40. The Balaban J connectivity index is 2.16. The van der Waals surface area contributed by atoms with E-state index in [0.29, 0.717) is 30.2 Å². The molecule has 2 rings (SSSR count). The van der Waals surface area contributed by atoms with Gasteiger partial charge in [-0.2, -0.15) is 0 Å². The zero-order chi connectivity index (χ0) is 20.4. The van der Waals surface area contributed by atoms with Gasteiger partial charge in [-0.25, -0.2) is 0 Å². The minimum absolute atomic E-state index is 0.0800. The van der Waals surface area contributed by atoms with Gasteiger partial charge in [0.2, 0.25) is 11.8 Å². The maximum atomic E-state index is 12.6. The summed E-state index contributed by atoms with van der Waals surface area (Å²) < 4.78 is 5.98. The number of benzene rings is 2. The van der Waals surface area contributed by atoms with Crippen LogP contribution < -0.4 is 9.64 Å². The van der Waals surface area contributed by atoms with Crippen molar-refractivity contribution < 1.29 is 14.3 Å². The molecule has 0 radical (unpaired) electrons. The number of rotatable bonds is 10. The fourth-order valence-corrected chi connectivity index (χ4v) is 3.10. The quantitative estimate of drug-likeness (QED) is 0.589. The van der Waals surface area contributed by atoms with E-state index in [-0.39, 0.29) is 11.8 Å². The first-order chi connectivity index (χ1) is 13.6. The van der Waals surface area contributed by atoms with Gasteiger partial charge in [-0.1, -0.05) is 44.2 Å². The maximum Gasteiger partial charge on any atom is 0.224 e. The van der Waals surface area contributed by atoms with Crippen LogP contribution in [0.4, 0.5) is 5.69 Å². The average Bonchev–Trinajstić information content (AvgIpc) is 2.69. The third-order valence-electron chi connectivity index (χ3n) is 4.40. The number of hydrogen-bond donors (Lipinski definition) is 0. The van der Waals surface area contributed by atoms with Crippen LogP contribution in [0.2, 0.25) is 0 Å². The SMILES string of the molecule is CCCN(CCC)C(=O)CCN(C(C)=O)c1ccccc1Oc1ccccc1. The number of carbonyl (C=O) groups excluding carboxylic acids is 2. The molecule has 0 bridgehead atoms. The van der Waals surface area contributed by atoms with Crippen LogP contribution in [-0.2, 0) is 9.59 Å². The number of hydrogen-bond acceptors (Lipinski definition) is 3. The van der Waals surface area contributed by atoms with E-state index >= 15 is 0 Å². The fraction of sp³-hybridized carbons (Fsp3) is 0.391. The van der Waals surface area contributed by atoms with Crippen molar-refractivity contribution in [1.29, 1.82) is 0 Å². The van der Waals surface area contributed by atoms with Crippen molar-refractivity contribution in [1.82, 2.24) is 4.90 Å². The Kier molecular flexibility index (Phi) is 8.53. The molecule has 150 valence electrons. The largest absolute Gasteiger partial charge is 0.455 e. The Morgan fingerprint density at radius 2 is 1.46 bits per heavy atom. The Morgan fingerprint density at radius 3 is 2.07 bits per heavy atom. The molecule has 0 aliphatic rings. The predicted molar refractivity (Wildman–Crippen MR) is 113 cm³/mol. The first kappa shape index (κ1) is 21.5. The topological polar surface area (TPSA) is 49.9 Å². The van der Waals surface area contributed by atoms with Gasteiger partial charge in [0.05, 0.1) is 5.69 Å². The van der Waals surface area contributed by atoms with Gasteiger partial charge in [-0.3, -0.25) is 9.59 Å². The lowest BCUT2D eigenvalue weighted by Crippen LogP contribution is -2.37. The smallest absolute Gasteiger partial charge is 0.224 e. The van der Waals surface area contributed by atoms with Crippen molar-refractivity contribution in [3.8, 4) is 11.5 Å². The normalized spacial score (nSPS) is 10.4. The summed E-state index contributed by atoms with van der Waals surface area (Å²) in [7, 11) is 0. The molecule has 0 aliphatic carbocycles. The summed E-state index contributed by atoms with van der Waals surface area (Å²) in [6, 6.07) is 16.9. The first-order valence-electron chi connectivity index (χ1n) is 9.94. The van der Waals surface area contributed by atoms with E-state index < -0.39 is 0 Å². The monoisotopic (exact) mass is 382 g/mol. The average molecular weight is 383 g/mol. The van der Waals surface area contributed by atoms with Gasteiger partial charge < -0.3 is 14.5 Å². The Morgan fingerprint density at radius 1 is 0.857 bits per heavy atom.